The monoisotopic (exact) mass is 600 g/mol. The van der Waals surface area contributed by atoms with E-state index in [0.29, 0.717) is 19.1 Å². The Morgan fingerprint density at radius 2 is 1.79 bits per heavy atom. The maximum Gasteiger partial charge on any atom is 0.192 e. The first-order valence-electron chi connectivity index (χ1n) is 15.9. The molecule has 42 heavy (non-hydrogen) atoms. The molecule has 1 aromatic rings. The van der Waals surface area contributed by atoms with Gasteiger partial charge in [-0.1, -0.05) is 71.4 Å². The van der Waals surface area contributed by atoms with Crippen LogP contribution in [0.5, 0.6) is 5.75 Å². The average Bonchev–Trinajstić information content (AvgIpc) is 3.31. The minimum Gasteiger partial charge on any atom is -0.497 e. The number of hydrogen-bond donors (Lipinski definition) is 0. The van der Waals surface area contributed by atoms with Crippen molar-refractivity contribution in [3.8, 4) is 5.75 Å². The topological polar surface area (TPSA) is 46.2 Å². The molecule has 6 heteroatoms. The molecule has 3 rings (SSSR count). The van der Waals surface area contributed by atoms with Crippen LogP contribution in [0.3, 0.4) is 0 Å². The summed E-state index contributed by atoms with van der Waals surface area (Å²) in [5.41, 5.74) is 2.12. The first kappa shape index (κ1) is 35.0. The summed E-state index contributed by atoms with van der Waals surface area (Å²) in [6.07, 6.45) is 8.40. The third kappa shape index (κ3) is 8.38. The number of ether oxygens (including phenoxy) is 4. The van der Waals surface area contributed by atoms with E-state index in [9.17, 15) is 0 Å². The highest BCUT2D eigenvalue weighted by Crippen LogP contribution is 2.53. The summed E-state index contributed by atoms with van der Waals surface area (Å²) in [6, 6.07) is 8.14. The number of allylic oxidation sites excluding steroid dienone is 2. The lowest BCUT2D eigenvalue weighted by Crippen LogP contribution is -2.48. The molecule has 2 fully saturated rings. The van der Waals surface area contributed by atoms with Crippen LogP contribution in [-0.4, -0.2) is 45.6 Å². The minimum atomic E-state index is -1.99. The van der Waals surface area contributed by atoms with Crippen LogP contribution in [0.1, 0.15) is 93.6 Å². The van der Waals surface area contributed by atoms with Crippen molar-refractivity contribution < 1.29 is 23.4 Å². The summed E-state index contributed by atoms with van der Waals surface area (Å²) in [5.74, 6) is 0.805. The van der Waals surface area contributed by atoms with E-state index in [4.69, 9.17) is 23.4 Å². The van der Waals surface area contributed by atoms with E-state index in [1.54, 1.807) is 7.11 Å². The molecule has 1 spiro atoms. The van der Waals surface area contributed by atoms with Crippen molar-refractivity contribution in [1.82, 2.24) is 0 Å². The lowest BCUT2D eigenvalue weighted by molar-refractivity contribution is -0.167. The maximum atomic E-state index is 7.17. The Hall–Kier alpha value is -1.44. The summed E-state index contributed by atoms with van der Waals surface area (Å²) in [5, 5.41) is 0.142. The van der Waals surface area contributed by atoms with Gasteiger partial charge >= 0.3 is 0 Å². The number of methoxy groups -OCH3 is 1. The van der Waals surface area contributed by atoms with Crippen molar-refractivity contribution in [3.05, 3.63) is 54.1 Å². The first-order chi connectivity index (χ1) is 19.3. The van der Waals surface area contributed by atoms with E-state index >= 15 is 0 Å². The van der Waals surface area contributed by atoms with Gasteiger partial charge in [-0.05, 0) is 93.6 Å². The molecule has 0 amide bonds. The molecule has 0 radical (unpaired) electrons. The largest absolute Gasteiger partial charge is 0.497 e. The molecule has 1 aromatic carbocycles. The second kappa shape index (κ2) is 13.3. The molecule has 1 saturated heterocycles. The van der Waals surface area contributed by atoms with Crippen LogP contribution in [0.15, 0.2) is 48.6 Å². The van der Waals surface area contributed by atoms with E-state index in [1.807, 2.05) is 32.1 Å². The van der Waals surface area contributed by atoms with Crippen LogP contribution < -0.4 is 4.74 Å². The SMILES string of the molecule is C=CCC(C)(C)C(CC/C(C)=C/[C@H]1[C@H](O[Si](C)(C)C(C)(C)C)[C@@H](C)C[C@]12COC(C)(C)O2)OCc1ccc(OC)cc1. The van der Waals surface area contributed by atoms with Gasteiger partial charge in [0.05, 0.1) is 32.5 Å². The minimum absolute atomic E-state index is 0.0298. The Bertz CT molecular complexity index is 1070. The predicted octanol–water partition coefficient (Wildman–Crippen LogP) is 9.48. The first-order valence-corrected chi connectivity index (χ1v) is 18.8. The summed E-state index contributed by atoms with van der Waals surface area (Å²) in [4.78, 5) is 0. The van der Waals surface area contributed by atoms with E-state index in [2.05, 4.69) is 86.3 Å². The standard InChI is InChI=1S/C36H60O5Si/c1-14-21-34(7,8)31(38-24-28-16-18-29(37-11)19-17-28)20-15-26(2)22-30-32(40-42(12,13)33(4,5)6)27(3)23-36(30)25-39-35(9,10)41-36/h14,16-19,22,27,30-32H,1,15,20-21,23-25H2,2-13H3/b26-22+/t27-,30-,31?,32+,36-/m0/s1. The third-order valence-corrected chi connectivity index (χ3v) is 14.4. The van der Waals surface area contributed by atoms with Gasteiger partial charge < -0.3 is 23.4 Å². The quantitative estimate of drug-likeness (QED) is 0.167. The predicted molar refractivity (Wildman–Crippen MR) is 176 cm³/mol. The highest BCUT2D eigenvalue weighted by Gasteiger charge is 2.60. The lowest BCUT2D eigenvalue weighted by Gasteiger charge is -2.41. The van der Waals surface area contributed by atoms with Crippen LogP contribution in [0.4, 0.5) is 0 Å². The van der Waals surface area contributed by atoms with Crippen LogP contribution in [0, 0.1) is 17.3 Å². The molecule has 0 N–H and O–H groups in total. The lowest BCUT2D eigenvalue weighted by atomic mass is 9.80. The van der Waals surface area contributed by atoms with Gasteiger partial charge in [0.1, 0.15) is 11.4 Å². The fourth-order valence-corrected chi connectivity index (χ4v) is 7.80. The van der Waals surface area contributed by atoms with Crippen molar-refractivity contribution >= 4 is 8.32 Å². The van der Waals surface area contributed by atoms with Gasteiger partial charge in [-0.3, -0.25) is 0 Å². The Labute approximate surface area is 258 Å². The Balaban J connectivity index is 1.83. The zero-order chi connectivity index (χ0) is 31.6. The molecular formula is C36H60O5Si. The molecule has 0 bridgehead atoms. The van der Waals surface area contributed by atoms with Crippen molar-refractivity contribution in [2.75, 3.05) is 13.7 Å². The zero-order valence-corrected chi connectivity index (χ0v) is 29.8. The van der Waals surface area contributed by atoms with Crippen LogP contribution in [-0.2, 0) is 25.2 Å². The maximum absolute atomic E-state index is 7.17. The molecule has 1 unspecified atom stereocenters. The Morgan fingerprint density at radius 1 is 1.14 bits per heavy atom. The van der Waals surface area contributed by atoms with Gasteiger partial charge in [-0.2, -0.15) is 0 Å². The molecule has 1 heterocycles. The normalized spacial score (nSPS) is 27.4. The van der Waals surface area contributed by atoms with Crippen molar-refractivity contribution in [1.29, 1.82) is 0 Å². The Morgan fingerprint density at radius 3 is 2.31 bits per heavy atom. The van der Waals surface area contributed by atoms with Crippen molar-refractivity contribution in [3.63, 3.8) is 0 Å². The number of rotatable bonds is 13. The van der Waals surface area contributed by atoms with Gasteiger partial charge in [0.15, 0.2) is 14.1 Å². The van der Waals surface area contributed by atoms with Gasteiger partial charge in [0, 0.05) is 5.92 Å². The second-order valence-corrected chi connectivity index (χ2v) is 20.3. The molecule has 0 aromatic heterocycles. The number of hydrogen-bond acceptors (Lipinski definition) is 5. The fourth-order valence-electron chi connectivity index (χ4n) is 6.38. The highest BCUT2D eigenvalue weighted by molar-refractivity contribution is 6.74. The molecule has 1 aliphatic heterocycles. The van der Waals surface area contributed by atoms with Gasteiger partial charge in [0.25, 0.3) is 0 Å². The molecule has 5 atom stereocenters. The average molecular weight is 601 g/mol. The highest BCUT2D eigenvalue weighted by atomic mass is 28.4. The second-order valence-electron chi connectivity index (χ2n) is 15.6. The zero-order valence-electron chi connectivity index (χ0n) is 28.8. The van der Waals surface area contributed by atoms with E-state index in [1.165, 1.54) is 5.57 Å². The summed E-state index contributed by atoms with van der Waals surface area (Å²) in [6.45, 7) is 30.1. The molecule has 5 nitrogen and oxygen atoms in total. The number of benzene rings is 1. The van der Waals surface area contributed by atoms with Crippen LogP contribution in [0.25, 0.3) is 0 Å². The summed E-state index contributed by atoms with van der Waals surface area (Å²) in [7, 11) is -0.298. The van der Waals surface area contributed by atoms with E-state index in [0.717, 1.165) is 37.0 Å². The van der Waals surface area contributed by atoms with Crippen molar-refractivity contribution in [2.24, 2.45) is 17.3 Å². The molecule has 1 saturated carbocycles. The molecule has 238 valence electrons. The van der Waals surface area contributed by atoms with Crippen LogP contribution >= 0.6 is 0 Å². The molecular weight excluding hydrogens is 540 g/mol. The van der Waals surface area contributed by atoms with Crippen LogP contribution in [0.2, 0.25) is 18.1 Å². The summed E-state index contributed by atoms with van der Waals surface area (Å²) < 4.78 is 32.1. The van der Waals surface area contributed by atoms with Gasteiger partial charge in [0.2, 0.25) is 0 Å². The Kier molecular flexibility index (Phi) is 11.1. The smallest absolute Gasteiger partial charge is 0.192 e. The van der Waals surface area contributed by atoms with E-state index in [-0.39, 0.29) is 34.2 Å². The van der Waals surface area contributed by atoms with Gasteiger partial charge in [-0.25, -0.2) is 0 Å². The molecule has 1 aliphatic carbocycles. The van der Waals surface area contributed by atoms with Gasteiger partial charge in [-0.15, -0.1) is 6.58 Å². The van der Waals surface area contributed by atoms with Crippen molar-refractivity contribution in [2.45, 2.75) is 136 Å². The summed E-state index contributed by atoms with van der Waals surface area (Å²) >= 11 is 0. The van der Waals surface area contributed by atoms with E-state index < -0.39 is 14.1 Å². The fraction of sp³-hybridized carbons (Fsp3) is 0.722. The molecule has 2 aliphatic rings. The third-order valence-electron chi connectivity index (χ3n) is 9.96.